The number of benzene rings is 1. The summed E-state index contributed by atoms with van der Waals surface area (Å²) in [6.07, 6.45) is 2.03. The van der Waals surface area contributed by atoms with Gasteiger partial charge in [-0.2, -0.15) is 0 Å². The van der Waals surface area contributed by atoms with Gasteiger partial charge < -0.3 is 15.1 Å². The second-order valence-corrected chi connectivity index (χ2v) is 6.64. The fourth-order valence-corrected chi connectivity index (χ4v) is 2.46. The molecule has 140 valence electrons. The SMILES string of the molecule is CCCCN(C)C(=O)c1cc(NCCN(C)C)nc(-c2ccccc2)n1. The first kappa shape index (κ1) is 19.8. The molecule has 1 N–H and O–H groups in total. The van der Waals surface area contributed by atoms with Gasteiger partial charge in [0.2, 0.25) is 0 Å². The average Bonchev–Trinajstić information content (AvgIpc) is 2.65. The van der Waals surface area contributed by atoms with Crippen molar-refractivity contribution in [2.45, 2.75) is 19.8 Å². The van der Waals surface area contributed by atoms with Crippen molar-refractivity contribution in [1.29, 1.82) is 0 Å². The maximum atomic E-state index is 12.8. The highest BCUT2D eigenvalue weighted by atomic mass is 16.2. The molecule has 0 bridgehead atoms. The topological polar surface area (TPSA) is 61.4 Å². The molecule has 6 nitrogen and oxygen atoms in total. The lowest BCUT2D eigenvalue weighted by molar-refractivity contribution is 0.0787. The van der Waals surface area contributed by atoms with Crippen LogP contribution in [-0.2, 0) is 0 Å². The smallest absolute Gasteiger partial charge is 0.272 e. The molecule has 0 aliphatic rings. The number of unbranched alkanes of at least 4 members (excludes halogenated alkanes) is 1. The van der Waals surface area contributed by atoms with E-state index in [4.69, 9.17) is 0 Å². The van der Waals surface area contributed by atoms with Crippen LogP contribution in [-0.4, -0.2) is 66.5 Å². The number of aromatic nitrogens is 2. The fourth-order valence-electron chi connectivity index (χ4n) is 2.46. The van der Waals surface area contributed by atoms with Gasteiger partial charge in [0, 0.05) is 38.3 Å². The highest BCUT2D eigenvalue weighted by Gasteiger charge is 2.16. The Hall–Kier alpha value is -2.47. The van der Waals surface area contributed by atoms with E-state index >= 15 is 0 Å². The first-order chi connectivity index (χ1) is 12.5. The molecule has 0 radical (unpaired) electrons. The molecule has 1 heterocycles. The molecule has 0 spiro atoms. The zero-order chi connectivity index (χ0) is 18.9. The molecule has 0 atom stereocenters. The first-order valence-corrected chi connectivity index (χ1v) is 9.09. The predicted octanol–water partition coefficient (Wildman–Crippen LogP) is 2.99. The Morgan fingerprint density at radius 3 is 2.46 bits per heavy atom. The lowest BCUT2D eigenvalue weighted by atomic mass is 10.2. The summed E-state index contributed by atoms with van der Waals surface area (Å²) in [5, 5.41) is 3.30. The van der Waals surface area contributed by atoms with Gasteiger partial charge in [-0.25, -0.2) is 9.97 Å². The Morgan fingerprint density at radius 1 is 1.08 bits per heavy atom. The lowest BCUT2D eigenvalue weighted by Gasteiger charge is -2.17. The number of likely N-dealkylation sites (N-methyl/N-ethyl adjacent to an activating group) is 1. The van der Waals surface area contributed by atoms with Crippen molar-refractivity contribution in [3.05, 3.63) is 42.1 Å². The van der Waals surface area contributed by atoms with Crippen molar-refractivity contribution < 1.29 is 4.79 Å². The van der Waals surface area contributed by atoms with Gasteiger partial charge in [0.25, 0.3) is 5.91 Å². The molecule has 1 aromatic heterocycles. The highest BCUT2D eigenvalue weighted by molar-refractivity contribution is 5.93. The van der Waals surface area contributed by atoms with Gasteiger partial charge in [-0.15, -0.1) is 0 Å². The molecular weight excluding hydrogens is 326 g/mol. The molecule has 2 rings (SSSR count). The molecule has 1 amide bonds. The molecule has 0 saturated heterocycles. The Bertz CT molecular complexity index is 703. The van der Waals surface area contributed by atoms with Crippen LogP contribution in [0.2, 0.25) is 0 Å². The summed E-state index contributed by atoms with van der Waals surface area (Å²) in [5.41, 5.74) is 1.32. The number of anilines is 1. The molecule has 1 aromatic carbocycles. The standard InChI is InChI=1S/C20H29N5O/c1-5-6-13-25(4)20(26)17-15-18(21-12-14-24(2)3)23-19(22-17)16-10-8-7-9-11-16/h7-11,15H,5-6,12-14H2,1-4H3,(H,21,22,23). The molecule has 0 unspecified atom stereocenters. The van der Waals surface area contributed by atoms with Gasteiger partial charge in [-0.1, -0.05) is 43.7 Å². The minimum absolute atomic E-state index is 0.0753. The number of carbonyl (C=O) groups excluding carboxylic acids is 1. The van der Waals surface area contributed by atoms with Crippen LogP contribution in [0.25, 0.3) is 11.4 Å². The highest BCUT2D eigenvalue weighted by Crippen LogP contribution is 2.18. The second-order valence-electron chi connectivity index (χ2n) is 6.64. The zero-order valence-corrected chi connectivity index (χ0v) is 16.2. The van der Waals surface area contributed by atoms with E-state index in [1.807, 2.05) is 51.5 Å². The number of amides is 1. The molecule has 6 heteroatoms. The molecule has 0 fully saturated rings. The second kappa shape index (κ2) is 9.87. The van der Waals surface area contributed by atoms with Crippen molar-refractivity contribution in [1.82, 2.24) is 19.8 Å². The molecular formula is C20H29N5O. The maximum absolute atomic E-state index is 12.8. The van der Waals surface area contributed by atoms with Crippen LogP contribution >= 0.6 is 0 Å². The van der Waals surface area contributed by atoms with Gasteiger partial charge in [-0.3, -0.25) is 4.79 Å². The van der Waals surface area contributed by atoms with Gasteiger partial charge in [-0.05, 0) is 20.5 Å². The summed E-state index contributed by atoms with van der Waals surface area (Å²) in [5.74, 6) is 1.16. The van der Waals surface area contributed by atoms with Crippen molar-refractivity contribution >= 4 is 11.7 Å². The van der Waals surface area contributed by atoms with Crippen LogP contribution in [0.15, 0.2) is 36.4 Å². The van der Waals surface area contributed by atoms with E-state index in [0.717, 1.165) is 38.0 Å². The number of nitrogens with one attached hydrogen (secondary N) is 1. The van der Waals surface area contributed by atoms with E-state index in [0.29, 0.717) is 17.3 Å². The van der Waals surface area contributed by atoms with E-state index < -0.39 is 0 Å². The third-order valence-corrected chi connectivity index (χ3v) is 4.04. The molecule has 26 heavy (non-hydrogen) atoms. The van der Waals surface area contributed by atoms with Gasteiger partial charge in [0.05, 0.1) is 0 Å². The Labute approximate surface area is 156 Å². The summed E-state index contributed by atoms with van der Waals surface area (Å²) in [4.78, 5) is 25.7. The maximum Gasteiger partial charge on any atom is 0.272 e. The normalized spacial score (nSPS) is 10.8. The summed E-state index contributed by atoms with van der Waals surface area (Å²) in [6, 6.07) is 11.5. The van der Waals surface area contributed by atoms with Gasteiger partial charge in [0.1, 0.15) is 11.5 Å². The monoisotopic (exact) mass is 355 g/mol. The number of rotatable bonds is 9. The molecule has 0 aliphatic heterocycles. The minimum Gasteiger partial charge on any atom is -0.369 e. The van der Waals surface area contributed by atoms with Crippen LogP contribution in [0.4, 0.5) is 5.82 Å². The fraction of sp³-hybridized carbons (Fsp3) is 0.450. The van der Waals surface area contributed by atoms with Crippen molar-refractivity contribution in [3.63, 3.8) is 0 Å². The first-order valence-electron chi connectivity index (χ1n) is 9.09. The van der Waals surface area contributed by atoms with E-state index in [1.54, 1.807) is 11.0 Å². The van der Waals surface area contributed by atoms with E-state index in [-0.39, 0.29) is 5.91 Å². The van der Waals surface area contributed by atoms with Crippen molar-refractivity contribution in [2.75, 3.05) is 46.1 Å². The predicted molar refractivity (Wildman–Crippen MR) is 106 cm³/mol. The van der Waals surface area contributed by atoms with Crippen LogP contribution in [0.3, 0.4) is 0 Å². The number of hydrogen-bond acceptors (Lipinski definition) is 5. The Kier molecular flexibility index (Phi) is 7.53. The average molecular weight is 355 g/mol. The number of hydrogen-bond donors (Lipinski definition) is 1. The van der Waals surface area contributed by atoms with Gasteiger partial charge >= 0.3 is 0 Å². The lowest BCUT2D eigenvalue weighted by Crippen LogP contribution is -2.29. The Balaban J connectivity index is 2.29. The quantitative estimate of drug-likeness (QED) is 0.749. The van der Waals surface area contributed by atoms with Crippen LogP contribution in [0.5, 0.6) is 0 Å². The largest absolute Gasteiger partial charge is 0.369 e. The van der Waals surface area contributed by atoms with Crippen LogP contribution in [0, 0.1) is 0 Å². The van der Waals surface area contributed by atoms with Crippen molar-refractivity contribution in [3.8, 4) is 11.4 Å². The van der Waals surface area contributed by atoms with E-state index in [2.05, 4.69) is 27.1 Å². The molecule has 0 aliphatic carbocycles. The summed E-state index contributed by atoms with van der Waals surface area (Å²) >= 11 is 0. The van der Waals surface area contributed by atoms with E-state index in [1.165, 1.54) is 0 Å². The van der Waals surface area contributed by atoms with Crippen molar-refractivity contribution in [2.24, 2.45) is 0 Å². The minimum atomic E-state index is -0.0753. The molecule has 0 saturated carbocycles. The number of nitrogens with zero attached hydrogens (tertiary/aromatic N) is 4. The van der Waals surface area contributed by atoms with Crippen LogP contribution in [0.1, 0.15) is 30.3 Å². The third kappa shape index (κ3) is 5.81. The summed E-state index contributed by atoms with van der Waals surface area (Å²) < 4.78 is 0. The third-order valence-electron chi connectivity index (χ3n) is 4.04. The molecule has 2 aromatic rings. The Morgan fingerprint density at radius 2 is 1.81 bits per heavy atom. The zero-order valence-electron chi connectivity index (χ0n) is 16.2. The van der Waals surface area contributed by atoms with Crippen LogP contribution < -0.4 is 5.32 Å². The van der Waals surface area contributed by atoms with Gasteiger partial charge in [0.15, 0.2) is 5.82 Å². The number of carbonyl (C=O) groups is 1. The van der Waals surface area contributed by atoms with E-state index in [9.17, 15) is 4.79 Å². The summed E-state index contributed by atoms with van der Waals surface area (Å²) in [7, 11) is 5.87. The summed E-state index contributed by atoms with van der Waals surface area (Å²) in [6.45, 7) is 4.47.